The second-order valence-corrected chi connectivity index (χ2v) is 5.36. The van der Waals surface area contributed by atoms with Crippen molar-refractivity contribution in [2.24, 2.45) is 0 Å². The van der Waals surface area contributed by atoms with Crippen LogP contribution in [0.1, 0.15) is 5.56 Å². The highest BCUT2D eigenvalue weighted by molar-refractivity contribution is 6.21. The molecule has 0 heterocycles. The molecule has 20 heavy (non-hydrogen) atoms. The summed E-state index contributed by atoms with van der Waals surface area (Å²) < 4.78 is 0. The standard InChI is InChI=1S/C19H13Cl/c20-12-14-11-19-15-6-2-1-5-13(15)9-10-18(19)17-8-4-3-7-16(14)17/h1-11H,12H2. The van der Waals surface area contributed by atoms with Crippen LogP contribution in [-0.2, 0) is 5.88 Å². The van der Waals surface area contributed by atoms with Gasteiger partial charge in [-0.3, -0.25) is 0 Å². The summed E-state index contributed by atoms with van der Waals surface area (Å²) in [6.45, 7) is 0. The second-order valence-electron chi connectivity index (χ2n) is 5.10. The minimum absolute atomic E-state index is 0.541. The van der Waals surface area contributed by atoms with E-state index in [0.29, 0.717) is 5.88 Å². The van der Waals surface area contributed by atoms with Crippen molar-refractivity contribution in [3.8, 4) is 0 Å². The molecular formula is C19H13Cl. The first-order valence-corrected chi connectivity index (χ1v) is 7.30. The molecule has 0 saturated carbocycles. The number of halogens is 1. The molecule has 0 saturated heterocycles. The van der Waals surface area contributed by atoms with Gasteiger partial charge in [0.25, 0.3) is 0 Å². The van der Waals surface area contributed by atoms with E-state index < -0.39 is 0 Å². The smallest absolute Gasteiger partial charge is 0.0480 e. The van der Waals surface area contributed by atoms with Crippen molar-refractivity contribution in [1.82, 2.24) is 0 Å². The molecule has 4 aromatic rings. The fourth-order valence-electron chi connectivity index (χ4n) is 3.05. The fourth-order valence-corrected chi connectivity index (χ4v) is 3.27. The first kappa shape index (κ1) is 11.7. The van der Waals surface area contributed by atoms with Crippen LogP contribution in [0.5, 0.6) is 0 Å². The molecule has 0 N–H and O–H groups in total. The Morgan fingerprint density at radius 2 is 1.25 bits per heavy atom. The van der Waals surface area contributed by atoms with Crippen LogP contribution in [0.15, 0.2) is 66.7 Å². The van der Waals surface area contributed by atoms with Crippen LogP contribution >= 0.6 is 11.6 Å². The van der Waals surface area contributed by atoms with Crippen molar-refractivity contribution >= 4 is 43.9 Å². The molecule has 0 fully saturated rings. The number of hydrogen-bond donors (Lipinski definition) is 0. The maximum absolute atomic E-state index is 6.16. The van der Waals surface area contributed by atoms with Crippen molar-refractivity contribution < 1.29 is 0 Å². The number of fused-ring (bicyclic) bond motifs is 5. The average Bonchev–Trinajstić information content (AvgIpc) is 2.53. The minimum Gasteiger partial charge on any atom is -0.122 e. The monoisotopic (exact) mass is 276 g/mol. The summed E-state index contributed by atoms with van der Waals surface area (Å²) in [5.74, 6) is 0.541. The van der Waals surface area contributed by atoms with E-state index in [9.17, 15) is 0 Å². The number of benzene rings is 4. The summed E-state index contributed by atoms with van der Waals surface area (Å²) in [5, 5.41) is 7.69. The van der Waals surface area contributed by atoms with Crippen LogP contribution in [-0.4, -0.2) is 0 Å². The quantitative estimate of drug-likeness (QED) is 0.301. The van der Waals surface area contributed by atoms with Gasteiger partial charge in [0.15, 0.2) is 0 Å². The van der Waals surface area contributed by atoms with E-state index in [1.807, 2.05) is 0 Å². The lowest BCUT2D eigenvalue weighted by atomic mass is 9.94. The molecule has 0 bridgehead atoms. The van der Waals surface area contributed by atoms with Crippen molar-refractivity contribution in [3.05, 3.63) is 72.3 Å². The molecule has 0 nitrogen and oxygen atoms in total. The lowest BCUT2D eigenvalue weighted by molar-refractivity contribution is 1.47. The molecule has 96 valence electrons. The van der Waals surface area contributed by atoms with Gasteiger partial charge in [-0.1, -0.05) is 60.7 Å². The third-order valence-electron chi connectivity index (χ3n) is 4.00. The Morgan fingerprint density at radius 3 is 2.05 bits per heavy atom. The number of alkyl halides is 1. The van der Waals surface area contributed by atoms with Gasteiger partial charge in [-0.25, -0.2) is 0 Å². The van der Waals surface area contributed by atoms with Gasteiger partial charge in [-0.2, -0.15) is 0 Å². The summed E-state index contributed by atoms with van der Waals surface area (Å²) in [5.41, 5.74) is 1.20. The van der Waals surface area contributed by atoms with Gasteiger partial charge >= 0.3 is 0 Å². The maximum atomic E-state index is 6.16. The molecule has 4 aromatic carbocycles. The van der Waals surface area contributed by atoms with Crippen molar-refractivity contribution in [1.29, 1.82) is 0 Å². The molecule has 0 unspecified atom stereocenters. The molecule has 0 aliphatic heterocycles. The van der Waals surface area contributed by atoms with E-state index >= 15 is 0 Å². The van der Waals surface area contributed by atoms with Gasteiger partial charge in [0.1, 0.15) is 0 Å². The Balaban J connectivity index is 2.30. The first-order valence-electron chi connectivity index (χ1n) is 6.76. The highest BCUT2D eigenvalue weighted by Crippen LogP contribution is 2.33. The molecule has 0 radical (unpaired) electrons. The topological polar surface area (TPSA) is 0 Å². The number of hydrogen-bond acceptors (Lipinski definition) is 0. The lowest BCUT2D eigenvalue weighted by Crippen LogP contribution is -1.86. The highest BCUT2D eigenvalue weighted by Gasteiger charge is 2.07. The average molecular weight is 277 g/mol. The molecule has 0 atom stereocenters. The van der Waals surface area contributed by atoms with Gasteiger partial charge in [-0.15, -0.1) is 11.6 Å². The van der Waals surface area contributed by atoms with Crippen molar-refractivity contribution in [2.75, 3.05) is 0 Å². The van der Waals surface area contributed by atoms with E-state index in [2.05, 4.69) is 66.7 Å². The fraction of sp³-hybridized carbons (Fsp3) is 0.0526. The van der Waals surface area contributed by atoms with Crippen LogP contribution in [0.2, 0.25) is 0 Å². The van der Waals surface area contributed by atoms with Crippen molar-refractivity contribution in [2.45, 2.75) is 5.88 Å². The zero-order chi connectivity index (χ0) is 13.5. The molecule has 0 aliphatic rings. The zero-order valence-electron chi connectivity index (χ0n) is 10.9. The van der Waals surface area contributed by atoms with Gasteiger partial charge in [0.05, 0.1) is 0 Å². The summed E-state index contributed by atoms with van der Waals surface area (Å²) in [7, 11) is 0. The number of rotatable bonds is 1. The van der Waals surface area contributed by atoms with E-state index in [0.717, 1.165) is 0 Å². The zero-order valence-corrected chi connectivity index (χ0v) is 11.7. The molecule has 1 heteroatoms. The predicted octanol–water partition coefficient (Wildman–Crippen LogP) is 5.89. The Labute approximate surface area is 122 Å². The van der Waals surface area contributed by atoms with E-state index in [1.165, 1.54) is 37.9 Å². The van der Waals surface area contributed by atoms with Gasteiger partial charge in [0.2, 0.25) is 0 Å². The van der Waals surface area contributed by atoms with E-state index in [4.69, 9.17) is 11.6 Å². The largest absolute Gasteiger partial charge is 0.122 e. The van der Waals surface area contributed by atoms with E-state index in [-0.39, 0.29) is 0 Å². The van der Waals surface area contributed by atoms with Crippen LogP contribution < -0.4 is 0 Å². The van der Waals surface area contributed by atoms with Crippen LogP contribution in [0.3, 0.4) is 0 Å². The summed E-state index contributed by atoms with van der Waals surface area (Å²) in [6.07, 6.45) is 0. The molecular weight excluding hydrogens is 264 g/mol. The molecule has 0 aromatic heterocycles. The van der Waals surface area contributed by atoms with Crippen molar-refractivity contribution in [3.63, 3.8) is 0 Å². The van der Waals surface area contributed by atoms with Gasteiger partial charge < -0.3 is 0 Å². The SMILES string of the molecule is ClCc1cc2c3ccccc3ccc2c2ccccc12. The molecule has 4 rings (SSSR count). The Kier molecular flexibility index (Phi) is 2.64. The summed E-state index contributed by atoms with van der Waals surface area (Å²) in [6, 6.07) is 23.7. The first-order chi connectivity index (χ1) is 9.88. The Morgan fingerprint density at radius 1 is 0.600 bits per heavy atom. The molecule has 0 amide bonds. The Hall–Kier alpha value is -2.05. The molecule has 0 aliphatic carbocycles. The van der Waals surface area contributed by atoms with Crippen LogP contribution in [0.25, 0.3) is 32.3 Å². The van der Waals surface area contributed by atoms with Crippen LogP contribution in [0, 0.1) is 0 Å². The Bertz CT molecular complexity index is 938. The highest BCUT2D eigenvalue weighted by atomic mass is 35.5. The second kappa shape index (κ2) is 4.50. The normalized spacial score (nSPS) is 11.4. The maximum Gasteiger partial charge on any atom is 0.0480 e. The van der Waals surface area contributed by atoms with Gasteiger partial charge in [0, 0.05) is 5.88 Å². The molecule has 0 spiro atoms. The van der Waals surface area contributed by atoms with Gasteiger partial charge in [-0.05, 0) is 43.9 Å². The summed E-state index contributed by atoms with van der Waals surface area (Å²) >= 11 is 6.16. The minimum atomic E-state index is 0.541. The predicted molar refractivity (Wildman–Crippen MR) is 88.5 cm³/mol. The lowest BCUT2D eigenvalue weighted by Gasteiger charge is -2.11. The third kappa shape index (κ3) is 1.62. The third-order valence-corrected chi connectivity index (χ3v) is 4.28. The van der Waals surface area contributed by atoms with E-state index in [1.54, 1.807) is 0 Å². The summed E-state index contributed by atoms with van der Waals surface area (Å²) in [4.78, 5) is 0. The van der Waals surface area contributed by atoms with Crippen LogP contribution in [0.4, 0.5) is 0 Å².